The Morgan fingerprint density at radius 2 is 1.80 bits per heavy atom. The van der Waals surface area contributed by atoms with Crippen LogP contribution in [0.4, 0.5) is 24.0 Å². The van der Waals surface area contributed by atoms with E-state index < -0.39 is 32.0 Å². The molecule has 0 radical (unpaired) electrons. The van der Waals surface area contributed by atoms with Crippen molar-refractivity contribution in [2.45, 2.75) is 10.5 Å². The van der Waals surface area contributed by atoms with Crippen molar-refractivity contribution in [1.82, 2.24) is 10.2 Å². The van der Waals surface area contributed by atoms with Crippen LogP contribution in [0.2, 0.25) is 10.0 Å². The topological polar surface area (TPSA) is 101 Å². The summed E-state index contributed by atoms with van der Waals surface area (Å²) in [5.41, 5.74) is -1.26. The van der Waals surface area contributed by atoms with Gasteiger partial charge in [0.25, 0.3) is 20.3 Å². The summed E-state index contributed by atoms with van der Waals surface area (Å²) in [7, 11) is -4.34. The molecule has 0 atom stereocenters. The average molecular weight is 497 g/mol. The summed E-state index contributed by atoms with van der Waals surface area (Å²) in [6.45, 7) is 0. The molecule has 0 unspecified atom stereocenters. The van der Waals surface area contributed by atoms with E-state index in [4.69, 9.17) is 23.2 Å². The number of sulfonamides is 1. The number of benzene rings is 2. The highest BCUT2D eigenvalue weighted by Gasteiger charge is 2.31. The van der Waals surface area contributed by atoms with Crippen LogP contribution in [0.15, 0.2) is 46.8 Å². The molecule has 0 bridgehead atoms. The Bertz CT molecular complexity index is 1220. The van der Waals surface area contributed by atoms with Crippen LogP contribution in [0, 0.1) is 0 Å². The minimum Gasteiger partial charge on any atom is -0.296 e. The molecule has 0 saturated heterocycles. The monoisotopic (exact) mass is 496 g/mol. The van der Waals surface area contributed by atoms with Crippen LogP contribution in [-0.2, 0) is 16.2 Å². The van der Waals surface area contributed by atoms with Crippen molar-refractivity contribution in [2.75, 3.05) is 10.0 Å². The number of nitrogens with zero attached hydrogens (tertiary/aromatic N) is 2. The maximum atomic E-state index is 12.8. The molecular weight excluding hydrogens is 488 g/mol. The van der Waals surface area contributed by atoms with Crippen molar-refractivity contribution in [1.29, 1.82) is 0 Å². The van der Waals surface area contributed by atoms with Gasteiger partial charge in [-0.2, -0.15) is 21.6 Å². The fraction of sp³-hybridized carbons (Fsp3) is 0.0625. The van der Waals surface area contributed by atoms with Gasteiger partial charge in [0, 0.05) is 10.7 Å². The van der Waals surface area contributed by atoms with Crippen LogP contribution in [-0.4, -0.2) is 24.5 Å². The first-order valence-electron chi connectivity index (χ1n) is 7.76. The van der Waals surface area contributed by atoms with Crippen LogP contribution in [0.1, 0.15) is 15.9 Å². The second-order valence-electron chi connectivity index (χ2n) is 5.64. The van der Waals surface area contributed by atoms with E-state index in [1.807, 2.05) is 4.72 Å². The largest absolute Gasteiger partial charge is 0.416 e. The van der Waals surface area contributed by atoms with Crippen molar-refractivity contribution in [3.63, 3.8) is 0 Å². The fourth-order valence-corrected chi connectivity index (χ4v) is 4.61. The standard InChI is InChI=1S/C16H9Cl2F3N4O3S2/c17-9-4-5-11(12(18)7-9)13(26)22-14-23-24-15(29-14)30(27,28)25-10-3-1-2-8(6-10)16(19,20)21/h1-7,25H,(H,22,23,26). The van der Waals surface area contributed by atoms with Crippen molar-refractivity contribution in [2.24, 2.45) is 0 Å². The smallest absolute Gasteiger partial charge is 0.296 e. The highest BCUT2D eigenvalue weighted by atomic mass is 35.5. The Kier molecular flexibility index (Phi) is 6.22. The Morgan fingerprint density at radius 3 is 2.47 bits per heavy atom. The molecule has 2 aromatic carbocycles. The van der Waals surface area contributed by atoms with Gasteiger partial charge in [0.1, 0.15) is 0 Å². The predicted octanol–water partition coefficient (Wildman–Crippen LogP) is 4.92. The number of hydrogen-bond acceptors (Lipinski definition) is 6. The predicted molar refractivity (Wildman–Crippen MR) is 107 cm³/mol. The fourth-order valence-electron chi connectivity index (χ4n) is 2.16. The number of hydrogen-bond donors (Lipinski definition) is 2. The van der Waals surface area contributed by atoms with Gasteiger partial charge in [-0.25, -0.2) is 0 Å². The minimum atomic E-state index is -4.63. The van der Waals surface area contributed by atoms with Gasteiger partial charge in [-0.15, -0.1) is 10.2 Å². The number of amides is 1. The number of anilines is 2. The van der Waals surface area contributed by atoms with Crippen LogP contribution in [0.5, 0.6) is 0 Å². The first-order valence-corrected chi connectivity index (χ1v) is 10.8. The lowest BCUT2D eigenvalue weighted by molar-refractivity contribution is -0.137. The molecule has 1 aromatic heterocycles. The molecule has 0 aliphatic heterocycles. The number of alkyl halides is 3. The molecule has 0 aliphatic carbocycles. The maximum absolute atomic E-state index is 12.8. The van der Waals surface area contributed by atoms with Gasteiger partial charge in [0.2, 0.25) is 5.13 Å². The molecule has 30 heavy (non-hydrogen) atoms. The van der Waals surface area contributed by atoms with Crippen LogP contribution in [0.25, 0.3) is 0 Å². The molecule has 3 aromatic rings. The van der Waals surface area contributed by atoms with Crippen molar-refractivity contribution >= 4 is 61.3 Å². The van der Waals surface area contributed by atoms with Gasteiger partial charge in [0.15, 0.2) is 0 Å². The Morgan fingerprint density at radius 1 is 1.07 bits per heavy atom. The van der Waals surface area contributed by atoms with E-state index in [-0.39, 0.29) is 21.4 Å². The quantitative estimate of drug-likeness (QED) is 0.488. The summed E-state index contributed by atoms with van der Waals surface area (Å²) < 4.78 is 64.6. The molecule has 3 rings (SSSR count). The van der Waals surface area contributed by atoms with E-state index in [1.54, 1.807) is 0 Å². The number of nitrogens with one attached hydrogen (secondary N) is 2. The molecule has 0 spiro atoms. The van der Waals surface area contributed by atoms with Crippen molar-refractivity contribution in [3.8, 4) is 0 Å². The molecule has 14 heteroatoms. The number of rotatable bonds is 5. The molecule has 0 saturated carbocycles. The summed E-state index contributed by atoms with van der Waals surface area (Å²) in [5.74, 6) is -0.678. The summed E-state index contributed by atoms with van der Waals surface area (Å²) in [6, 6.07) is 7.82. The van der Waals surface area contributed by atoms with Gasteiger partial charge < -0.3 is 0 Å². The molecule has 1 amide bonds. The van der Waals surface area contributed by atoms with Gasteiger partial charge >= 0.3 is 6.18 Å². The highest BCUT2D eigenvalue weighted by molar-refractivity contribution is 7.94. The Balaban J connectivity index is 1.77. The summed E-state index contributed by atoms with van der Waals surface area (Å²) in [5, 5.41) is 9.61. The molecule has 0 fully saturated rings. The third-order valence-corrected chi connectivity index (χ3v) is 6.61. The molecule has 0 aliphatic rings. The zero-order valence-electron chi connectivity index (χ0n) is 14.4. The molecular formula is C16H9Cl2F3N4O3S2. The summed E-state index contributed by atoms with van der Waals surface area (Å²) in [4.78, 5) is 12.3. The number of carbonyl (C=O) groups excluding carboxylic acids is 1. The number of carbonyl (C=O) groups is 1. The van der Waals surface area contributed by atoms with E-state index in [1.165, 1.54) is 18.2 Å². The van der Waals surface area contributed by atoms with Crippen LogP contribution < -0.4 is 10.0 Å². The highest BCUT2D eigenvalue weighted by Crippen LogP contribution is 2.31. The summed E-state index contributed by atoms with van der Waals surface area (Å²) in [6.07, 6.45) is -4.63. The molecule has 158 valence electrons. The molecule has 7 nitrogen and oxygen atoms in total. The molecule has 1 heterocycles. The van der Waals surface area contributed by atoms with E-state index in [0.717, 1.165) is 18.2 Å². The third kappa shape index (κ3) is 5.19. The zero-order valence-corrected chi connectivity index (χ0v) is 17.5. The average Bonchev–Trinajstić information content (AvgIpc) is 3.10. The maximum Gasteiger partial charge on any atom is 0.416 e. The van der Waals surface area contributed by atoms with E-state index in [9.17, 15) is 26.4 Å². The normalized spacial score (nSPS) is 11.9. The Hall–Kier alpha value is -2.41. The van der Waals surface area contributed by atoms with Crippen LogP contribution in [0.3, 0.4) is 0 Å². The van der Waals surface area contributed by atoms with Gasteiger partial charge in [-0.3, -0.25) is 14.8 Å². The third-order valence-electron chi connectivity index (χ3n) is 3.47. The van der Waals surface area contributed by atoms with Gasteiger partial charge in [0.05, 0.1) is 16.1 Å². The lowest BCUT2D eigenvalue weighted by Crippen LogP contribution is -2.14. The zero-order chi connectivity index (χ0) is 22.1. The Labute approximate surface area is 181 Å². The van der Waals surface area contributed by atoms with Gasteiger partial charge in [-0.05, 0) is 36.4 Å². The first-order chi connectivity index (χ1) is 14.0. The van der Waals surface area contributed by atoms with Crippen LogP contribution >= 0.6 is 34.5 Å². The lowest BCUT2D eigenvalue weighted by Gasteiger charge is -2.09. The first kappa shape index (κ1) is 22.3. The van der Waals surface area contributed by atoms with E-state index >= 15 is 0 Å². The molecule has 2 N–H and O–H groups in total. The van der Waals surface area contributed by atoms with E-state index in [2.05, 4.69) is 15.5 Å². The van der Waals surface area contributed by atoms with Crippen molar-refractivity contribution < 1.29 is 26.4 Å². The van der Waals surface area contributed by atoms with Crippen molar-refractivity contribution in [3.05, 3.63) is 63.6 Å². The van der Waals surface area contributed by atoms with Gasteiger partial charge in [-0.1, -0.05) is 40.6 Å². The lowest BCUT2D eigenvalue weighted by atomic mass is 10.2. The SMILES string of the molecule is O=C(Nc1nnc(S(=O)(=O)Nc2cccc(C(F)(F)F)c2)s1)c1ccc(Cl)cc1Cl. The second-order valence-corrected chi connectivity index (χ2v) is 9.31. The number of halogens is 5. The minimum absolute atomic E-state index is 0.0720. The second kappa shape index (κ2) is 8.38. The van der Waals surface area contributed by atoms with E-state index in [0.29, 0.717) is 22.4 Å². The number of aromatic nitrogens is 2. The summed E-state index contributed by atoms with van der Waals surface area (Å²) >= 11 is 12.2.